The van der Waals surface area contributed by atoms with Crippen molar-refractivity contribution in [3.63, 3.8) is 0 Å². The third kappa shape index (κ3) is 2.24. The molecule has 1 nitrogen and oxygen atoms in total. The van der Waals surface area contributed by atoms with E-state index >= 15 is 0 Å². The smallest absolute Gasteiger partial charge is 0.135 e. The van der Waals surface area contributed by atoms with Crippen molar-refractivity contribution in [3.8, 4) is 0 Å². The van der Waals surface area contributed by atoms with Gasteiger partial charge in [0.15, 0.2) is 0 Å². The van der Waals surface area contributed by atoms with Crippen LogP contribution in [0.25, 0.3) is 0 Å². The van der Waals surface area contributed by atoms with Crippen LogP contribution in [0, 0.1) is 24.4 Å². The zero-order valence-corrected chi connectivity index (χ0v) is 9.62. The minimum atomic E-state index is -1.45. The number of benzene rings is 2. The van der Waals surface area contributed by atoms with E-state index in [1.807, 2.05) is 0 Å². The highest BCUT2D eigenvalue weighted by Crippen LogP contribution is 2.28. The van der Waals surface area contributed by atoms with Gasteiger partial charge in [-0.25, -0.2) is 13.2 Å². The van der Waals surface area contributed by atoms with Gasteiger partial charge >= 0.3 is 0 Å². The molecule has 0 aliphatic rings. The molecule has 1 N–H and O–H groups in total. The molecule has 1 atom stereocenters. The summed E-state index contributed by atoms with van der Waals surface area (Å²) in [6, 6.07) is 7.24. The molecule has 0 saturated heterocycles. The van der Waals surface area contributed by atoms with Crippen LogP contribution in [0.1, 0.15) is 22.8 Å². The first-order valence-electron chi connectivity index (χ1n) is 5.38. The lowest BCUT2D eigenvalue weighted by Crippen LogP contribution is -2.07. The van der Waals surface area contributed by atoms with Gasteiger partial charge in [0.25, 0.3) is 0 Å². The van der Waals surface area contributed by atoms with E-state index in [1.54, 1.807) is 0 Å². The van der Waals surface area contributed by atoms with Gasteiger partial charge in [0.05, 0.1) is 5.56 Å². The summed E-state index contributed by atoms with van der Waals surface area (Å²) < 4.78 is 40.1. The van der Waals surface area contributed by atoms with Gasteiger partial charge in [0, 0.05) is 0 Å². The van der Waals surface area contributed by atoms with Crippen molar-refractivity contribution in [1.82, 2.24) is 0 Å². The van der Waals surface area contributed by atoms with Gasteiger partial charge in [-0.1, -0.05) is 18.2 Å². The molecular formula is C14H11F3O. The Morgan fingerprint density at radius 3 is 2.17 bits per heavy atom. The average Bonchev–Trinajstić information content (AvgIpc) is 2.35. The second-order valence-electron chi connectivity index (χ2n) is 4.05. The third-order valence-corrected chi connectivity index (χ3v) is 2.78. The molecule has 0 heterocycles. The van der Waals surface area contributed by atoms with Crippen LogP contribution in [0.3, 0.4) is 0 Å². The van der Waals surface area contributed by atoms with Gasteiger partial charge in [0.2, 0.25) is 0 Å². The van der Waals surface area contributed by atoms with Crippen molar-refractivity contribution in [2.24, 2.45) is 0 Å². The van der Waals surface area contributed by atoms with Crippen molar-refractivity contribution in [1.29, 1.82) is 0 Å². The summed E-state index contributed by atoms with van der Waals surface area (Å²) in [7, 11) is 0. The van der Waals surface area contributed by atoms with Gasteiger partial charge in [0.1, 0.15) is 23.6 Å². The highest BCUT2D eigenvalue weighted by molar-refractivity contribution is 5.34. The first-order valence-corrected chi connectivity index (χ1v) is 5.38. The largest absolute Gasteiger partial charge is 0.383 e. The molecule has 0 saturated carbocycles. The topological polar surface area (TPSA) is 20.2 Å². The molecule has 0 fully saturated rings. The predicted octanol–water partition coefficient (Wildman–Crippen LogP) is 3.49. The molecular weight excluding hydrogens is 241 g/mol. The van der Waals surface area contributed by atoms with Crippen LogP contribution in [-0.4, -0.2) is 5.11 Å². The lowest BCUT2D eigenvalue weighted by atomic mass is 9.98. The van der Waals surface area contributed by atoms with Crippen molar-refractivity contribution in [3.05, 3.63) is 70.5 Å². The summed E-state index contributed by atoms with van der Waals surface area (Å²) in [4.78, 5) is 0. The Kier molecular flexibility index (Phi) is 3.39. The fraction of sp³-hybridized carbons (Fsp3) is 0.143. The van der Waals surface area contributed by atoms with Gasteiger partial charge in [-0.2, -0.15) is 0 Å². The lowest BCUT2D eigenvalue weighted by molar-refractivity contribution is 0.208. The van der Waals surface area contributed by atoms with Crippen molar-refractivity contribution >= 4 is 0 Å². The third-order valence-electron chi connectivity index (χ3n) is 2.78. The number of hydrogen-bond acceptors (Lipinski definition) is 1. The normalized spacial score (nSPS) is 12.5. The SMILES string of the molecule is Cc1ccc(F)c(C(O)c2ccc(F)cc2)c1F. The molecule has 2 aromatic rings. The number of aliphatic hydroxyl groups excluding tert-OH is 1. The van der Waals surface area contributed by atoms with Crippen LogP contribution >= 0.6 is 0 Å². The van der Waals surface area contributed by atoms with Crippen LogP contribution in [-0.2, 0) is 0 Å². The fourth-order valence-corrected chi connectivity index (χ4v) is 1.74. The number of rotatable bonds is 2. The minimum absolute atomic E-state index is 0.236. The minimum Gasteiger partial charge on any atom is -0.383 e. The quantitative estimate of drug-likeness (QED) is 0.867. The summed E-state index contributed by atoms with van der Waals surface area (Å²) in [6.07, 6.45) is -1.45. The molecule has 0 aromatic heterocycles. The van der Waals surface area contributed by atoms with Crippen molar-refractivity contribution in [2.45, 2.75) is 13.0 Å². The maximum Gasteiger partial charge on any atom is 0.135 e. The van der Waals surface area contributed by atoms with E-state index in [-0.39, 0.29) is 11.1 Å². The molecule has 2 rings (SSSR count). The molecule has 18 heavy (non-hydrogen) atoms. The van der Waals surface area contributed by atoms with Gasteiger partial charge in [-0.05, 0) is 36.2 Å². The number of halogens is 3. The highest BCUT2D eigenvalue weighted by atomic mass is 19.1. The molecule has 4 heteroatoms. The van der Waals surface area contributed by atoms with Crippen molar-refractivity contribution in [2.75, 3.05) is 0 Å². The molecule has 0 radical (unpaired) electrons. The second kappa shape index (κ2) is 4.82. The predicted molar refractivity (Wildman–Crippen MR) is 61.6 cm³/mol. The standard InChI is InChI=1S/C14H11F3O/c1-8-2-7-11(16)12(13(8)17)14(18)9-3-5-10(15)6-4-9/h2-7,14,18H,1H3. The summed E-state index contributed by atoms with van der Waals surface area (Å²) in [5.41, 5.74) is 0.0639. The summed E-state index contributed by atoms with van der Waals surface area (Å²) in [6.45, 7) is 1.48. The number of aliphatic hydroxyl groups is 1. The van der Waals surface area contributed by atoms with Gasteiger partial charge in [-0.15, -0.1) is 0 Å². The molecule has 2 aromatic carbocycles. The van der Waals surface area contributed by atoms with Crippen LogP contribution in [0.5, 0.6) is 0 Å². The summed E-state index contributed by atoms with van der Waals surface area (Å²) >= 11 is 0. The van der Waals surface area contributed by atoms with Gasteiger partial charge < -0.3 is 5.11 Å². The Morgan fingerprint density at radius 1 is 0.944 bits per heavy atom. The highest BCUT2D eigenvalue weighted by Gasteiger charge is 2.21. The van der Waals surface area contributed by atoms with Crippen LogP contribution in [0.2, 0.25) is 0 Å². The maximum absolute atomic E-state index is 13.8. The van der Waals surface area contributed by atoms with E-state index in [4.69, 9.17) is 0 Å². The van der Waals surface area contributed by atoms with E-state index in [0.717, 1.165) is 18.2 Å². The summed E-state index contributed by atoms with van der Waals surface area (Å²) in [5, 5.41) is 9.97. The molecule has 0 spiro atoms. The Hall–Kier alpha value is -1.81. The Bertz CT molecular complexity index is 564. The zero-order chi connectivity index (χ0) is 13.3. The molecule has 94 valence electrons. The van der Waals surface area contributed by atoms with E-state index in [9.17, 15) is 18.3 Å². The number of hydrogen-bond donors (Lipinski definition) is 1. The molecule has 0 amide bonds. The van der Waals surface area contributed by atoms with Crippen molar-refractivity contribution < 1.29 is 18.3 Å². The molecule has 0 aliphatic heterocycles. The Morgan fingerprint density at radius 2 is 1.56 bits per heavy atom. The van der Waals surface area contributed by atoms with Crippen LogP contribution in [0.4, 0.5) is 13.2 Å². The van der Waals surface area contributed by atoms with Crippen LogP contribution in [0.15, 0.2) is 36.4 Å². The Balaban J connectivity index is 2.49. The van der Waals surface area contributed by atoms with E-state index in [0.29, 0.717) is 0 Å². The first-order chi connectivity index (χ1) is 8.50. The second-order valence-corrected chi connectivity index (χ2v) is 4.05. The Labute approximate surface area is 103 Å². The molecule has 0 aliphatic carbocycles. The lowest BCUT2D eigenvalue weighted by Gasteiger charge is -2.14. The number of aryl methyl sites for hydroxylation is 1. The monoisotopic (exact) mass is 252 g/mol. The van der Waals surface area contributed by atoms with Crippen LogP contribution < -0.4 is 0 Å². The van der Waals surface area contributed by atoms with E-state index in [2.05, 4.69) is 0 Å². The zero-order valence-electron chi connectivity index (χ0n) is 9.62. The van der Waals surface area contributed by atoms with E-state index in [1.165, 1.54) is 25.1 Å². The average molecular weight is 252 g/mol. The maximum atomic E-state index is 13.8. The fourth-order valence-electron chi connectivity index (χ4n) is 1.74. The van der Waals surface area contributed by atoms with E-state index < -0.39 is 29.1 Å². The molecule has 0 bridgehead atoms. The first kappa shape index (κ1) is 12.6. The summed E-state index contributed by atoms with van der Waals surface area (Å²) in [5.74, 6) is -2.09. The molecule has 1 unspecified atom stereocenters. The van der Waals surface area contributed by atoms with Gasteiger partial charge in [-0.3, -0.25) is 0 Å².